The molecule has 0 amide bonds. The van der Waals surface area contributed by atoms with Gasteiger partial charge in [0.1, 0.15) is 23.0 Å². The van der Waals surface area contributed by atoms with E-state index in [1.54, 1.807) is 13.8 Å². The summed E-state index contributed by atoms with van der Waals surface area (Å²) in [5.74, 6) is 0.685. The van der Waals surface area contributed by atoms with Crippen LogP contribution < -0.4 is 5.32 Å². The first kappa shape index (κ1) is 12.0. The number of nitriles is 2. The molecule has 2 aromatic rings. The molecule has 1 aromatic carbocycles. The van der Waals surface area contributed by atoms with E-state index in [0.717, 1.165) is 10.9 Å². The van der Waals surface area contributed by atoms with Crippen molar-refractivity contribution in [3.05, 3.63) is 29.8 Å². The van der Waals surface area contributed by atoms with E-state index in [0.29, 0.717) is 11.4 Å². The maximum absolute atomic E-state index is 9.31. The van der Waals surface area contributed by atoms with Crippen molar-refractivity contribution in [1.29, 1.82) is 10.5 Å². The SMILES string of the molecule is Cn1c(NC(C)(C)C#N)c(C#N)c2ccccc21. The molecule has 4 heteroatoms. The second-order valence-electron chi connectivity index (χ2n) is 4.77. The average molecular weight is 238 g/mol. The van der Waals surface area contributed by atoms with E-state index in [9.17, 15) is 5.26 Å². The molecule has 4 nitrogen and oxygen atoms in total. The summed E-state index contributed by atoms with van der Waals surface area (Å²) in [4.78, 5) is 0. The number of nitrogens with one attached hydrogen (secondary N) is 1. The van der Waals surface area contributed by atoms with Gasteiger partial charge in [-0.15, -0.1) is 0 Å². The molecule has 0 spiro atoms. The smallest absolute Gasteiger partial charge is 0.126 e. The normalized spacial score (nSPS) is 10.9. The predicted molar refractivity (Wildman–Crippen MR) is 70.9 cm³/mol. The Balaban J connectivity index is 2.69. The zero-order chi connectivity index (χ0) is 13.3. The van der Waals surface area contributed by atoms with Crippen molar-refractivity contribution in [2.75, 3.05) is 5.32 Å². The molecule has 0 bridgehead atoms. The van der Waals surface area contributed by atoms with Crippen LogP contribution in [-0.2, 0) is 7.05 Å². The molecule has 0 aliphatic heterocycles. The molecule has 0 radical (unpaired) electrons. The van der Waals surface area contributed by atoms with Crippen LogP contribution in [-0.4, -0.2) is 10.1 Å². The van der Waals surface area contributed by atoms with Gasteiger partial charge in [-0.2, -0.15) is 10.5 Å². The monoisotopic (exact) mass is 238 g/mol. The highest BCUT2D eigenvalue weighted by Crippen LogP contribution is 2.30. The molecule has 1 heterocycles. The predicted octanol–water partition coefficient (Wildman–Crippen LogP) is 2.76. The molecule has 90 valence electrons. The van der Waals surface area contributed by atoms with Gasteiger partial charge in [0.2, 0.25) is 0 Å². The number of rotatable bonds is 2. The third-order valence-corrected chi connectivity index (χ3v) is 2.93. The van der Waals surface area contributed by atoms with Crippen LogP contribution in [0, 0.1) is 22.7 Å². The molecule has 2 rings (SSSR count). The van der Waals surface area contributed by atoms with E-state index in [-0.39, 0.29) is 0 Å². The van der Waals surface area contributed by atoms with Gasteiger partial charge in [-0.1, -0.05) is 18.2 Å². The summed E-state index contributed by atoms with van der Waals surface area (Å²) in [5.41, 5.74) is 0.843. The maximum atomic E-state index is 9.31. The van der Waals surface area contributed by atoms with Gasteiger partial charge in [0.05, 0.1) is 11.6 Å². The van der Waals surface area contributed by atoms with Crippen molar-refractivity contribution < 1.29 is 0 Å². The number of fused-ring (bicyclic) bond motifs is 1. The molecular formula is C14H14N4. The van der Waals surface area contributed by atoms with Crippen LogP contribution in [0.1, 0.15) is 19.4 Å². The summed E-state index contributed by atoms with van der Waals surface area (Å²) in [5, 5.41) is 22.4. The Morgan fingerprint density at radius 1 is 1.22 bits per heavy atom. The third kappa shape index (κ3) is 1.78. The standard InChI is InChI=1S/C14H14N4/c1-14(2,9-16)17-13-11(8-15)10-6-4-5-7-12(10)18(13)3/h4-7,17H,1-3H3. The Kier molecular flexibility index (Phi) is 2.73. The van der Waals surface area contributed by atoms with E-state index in [2.05, 4.69) is 17.5 Å². The van der Waals surface area contributed by atoms with Crippen molar-refractivity contribution in [2.24, 2.45) is 7.05 Å². The maximum Gasteiger partial charge on any atom is 0.126 e. The highest BCUT2D eigenvalue weighted by atomic mass is 15.1. The summed E-state index contributed by atoms with van der Waals surface area (Å²) < 4.78 is 1.91. The van der Waals surface area contributed by atoms with E-state index in [1.165, 1.54) is 0 Å². The average Bonchev–Trinajstić information content (AvgIpc) is 2.63. The third-order valence-electron chi connectivity index (χ3n) is 2.93. The Morgan fingerprint density at radius 2 is 1.89 bits per heavy atom. The summed E-state index contributed by atoms with van der Waals surface area (Å²) >= 11 is 0. The van der Waals surface area contributed by atoms with Crippen molar-refractivity contribution in [3.8, 4) is 12.1 Å². The molecule has 0 unspecified atom stereocenters. The minimum Gasteiger partial charge on any atom is -0.353 e. The number of hydrogen-bond acceptors (Lipinski definition) is 3. The molecule has 0 saturated heterocycles. The topological polar surface area (TPSA) is 64.5 Å². The second-order valence-corrected chi connectivity index (χ2v) is 4.77. The van der Waals surface area contributed by atoms with Gasteiger partial charge in [0.25, 0.3) is 0 Å². The fourth-order valence-electron chi connectivity index (χ4n) is 1.98. The first-order valence-electron chi connectivity index (χ1n) is 5.67. The number of para-hydroxylation sites is 1. The zero-order valence-corrected chi connectivity index (χ0v) is 10.7. The van der Waals surface area contributed by atoms with Gasteiger partial charge in [-0.3, -0.25) is 0 Å². The molecule has 0 fully saturated rings. The number of nitrogens with zero attached hydrogens (tertiary/aromatic N) is 3. The van der Waals surface area contributed by atoms with Crippen molar-refractivity contribution in [3.63, 3.8) is 0 Å². The van der Waals surface area contributed by atoms with Crippen molar-refractivity contribution >= 4 is 16.7 Å². The van der Waals surface area contributed by atoms with E-state index in [1.807, 2.05) is 35.9 Å². The number of aryl methyl sites for hydroxylation is 1. The van der Waals surface area contributed by atoms with Gasteiger partial charge in [-0.25, -0.2) is 0 Å². The Morgan fingerprint density at radius 3 is 2.50 bits per heavy atom. The minimum atomic E-state index is -0.715. The highest BCUT2D eigenvalue weighted by molar-refractivity contribution is 5.92. The highest BCUT2D eigenvalue weighted by Gasteiger charge is 2.22. The van der Waals surface area contributed by atoms with Gasteiger partial charge < -0.3 is 9.88 Å². The summed E-state index contributed by atoms with van der Waals surface area (Å²) in [6.45, 7) is 3.57. The van der Waals surface area contributed by atoms with Crippen molar-refractivity contribution in [1.82, 2.24) is 4.57 Å². The number of anilines is 1. The molecule has 0 saturated carbocycles. The molecule has 0 atom stereocenters. The lowest BCUT2D eigenvalue weighted by molar-refractivity contribution is 0.714. The molecule has 18 heavy (non-hydrogen) atoms. The second kappa shape index (κ2) is 4.09. The minimum absolute atomic E-state index is 0.580. The Labute approximate surface area is 106 Å². The first-order chi connectivity index (χ1) is 8.50. The van der Waals surface area contributed by atoms with Gasteiger partial charge in [0.15, 0.2) is 0 Å². The van der Waals surface area contributed by atoms with E-state index in [4.69, 9.17) is 5.26 Å². The largest absolute Gasteiger partial charge is 0.353 e. The molecular weight excluding hydrogens is 224 g/mol. The van der Waals surface area contributed by atoms with Gasteiger partial charge >= 0.3 is 0 Å². The number of hydrogen-bond donors (Lipinski definition) is 1. The van der Waals surface area contributed by atoms with Crippen LogP contribution in [0.3, 0.4) is 0 Å². The van der Waals surface area contributed by atoms with Crippen LogP contribution in [0.4, 0.5) is 5.82 Å². The Bertz CT molecular complexity index is 680. The van der Waals surface area contributed by atoms with E-state index >= 15 is 0 Å². The fourth-order valence-corrected chi connectivity index (χ4v) is 1.98. The summed E-state index contributed by atoms with van der Waals surface area (Å²) in [6, 6.07) is 12.1. The van der Waals surface area contributed by atoms with Gasteiger partial charge in [-0.05, 0) is 19.9 Å². The van der Waals surface area contributed by atoms with Crippen LogP contribution in [0.5, 0.6) is 0 Å². The zero-order valence-electron chi connectivity index (χ0n) is 10.7. The quantitative estimate of drug-likeness (QED) is 0.874. The molecule has 0 aliphatic carbocycles. The molecule has 0 aliphatic rings. The van der Waals surface area contributed by atoms with Crippen LogP contribution in [0.15, 0.2) is 24.3 Å². The lowest BCUT2D eigenvalue weighted by atomic mass is 10.1. The van der Waals surface area contributed by atoms with Crippen molar-refractivity contribution in [2.45, 2.75) is 19.4 Å². The van der Waals surface area contributed by atoms with Crippen LogP contribution in [0.25, 0.3) is 10.9 Å². The Hall–Kier alpha value is -2.46. The summed E-state index contributed by atoms with van der Waals surface area (Å²) in [6.07, 6.45) is 0. The van der Waals surface area contributed by atoms with E-state index < -0.39 is 5.54 Å². The number of aromatic nitrogens is 1. The molecule has 1 aromatic heterocycles. The first-order valence-corrected chi connectivity index (χ1v) is 5.67. The van der Waals surface area contributed by atoms with Gasteiger partial charge in [0, 0.05) is 12.4 Å². The van der Waals surface area contributed by atoms with Crippen LogP contribution >= 0.6 is 0 Å². The van der Waals surface area contributed by atoms with Crippen LogP contribution in [0.2, 0.25) is 0 Å². The lowest BCUT2D eigenvalue weighted by Crippen LogP contribution is -2.29. The fraction of sp³-hybridized carbons (Fsp3) is 0.286. The number of benzene rings is 1. The summed E-state index contributed by atoms with van der Waals surface area (Å²) in [7, 11) is 1.89. The lowest BCUT2D eigenvalue weighted by Gasteiger charge is -2.19. The molecule has 1 N–H and O–H groups in total.